The van der Waals surface area contributed by atoms with Crippen LogP contribution in [0, 0.1) is 5.82 Å². The van der Waals surface area contributed by atoms with E-state index < -0.39 is 0 Å². The first-order chi connectivity index (χ1) is 9.65. The molecule has 1 saturated heterocycles. The quantitative estimate of drug-likeness (QED) is 0.810. The average molecular weight is 280 g/mol. The maximum absolute atomic E-state index is 13.5. The number of benzene rings is 1. The Bertz CT molecular complexity index is 417. The topological polar surface area (TPSA) is 24.5 Å². The maximum Gasteiger partial charge on any atom is 0.123 e. The van der Waals surface area contributed by atoms with Crippen LogP contribution in [0.15, 0.2) is 18.2 Å². The van der Waals surface area contributed by atoms with Crippen LogP contribution in [0.3, 0.4) is 0 Å². The summed E-state index contributed by atoms with van der Waals surface area (Å²) in [5.41, 5.74) is 2.09. The van der Waals surface area contributed by atoms with Crippen molar-refractivity contribution in [2.75, 3.05) is 39.4 Å². The van der Waals surface area contributed by atoms with E-state index in [0.717, 1.165) is 57.1 Å². The summed E-state index contributed by atoms with van der Waals surface area (Å²) in [6.45, 7) is 10.5. The van der Waals surface area contributed by atoms with Crippen molar-refractivity contribution in [1.82, 2.24) is 10.2 Å². The van der Waals surface area contributed by atoms with Gasteiger partial charge in [0.1, 0.15) is 5.82 Å². The molecule has 1 fully saturated rings. The van der Waals surface area contributed by atoms with Crippen molar-refractivity contribution < 1.29 is 9.13 Å². The summed E-state index contributed by atoms with van der Waals surface area (Å²) in [4.78, 5) is 2.39. The van der Waals surface area contributed by atoms with Gasteiger partial charge in [-0.05, 0) is 29.2 Å². The molecule has 4 heteroatoms. The summed E-state index contributed by atoms with van der Waals surface area (Å²) in [5.74, 6) is 0.221. The number of ether oxygens (including phenoxy) is 1. The number of morpholine rings is 1. The summed E-state index contributed by atoms with van der Waals surface area (Å²) >= 11 is 0. The van der Waals surface area contributed by atoms with Gasteiger partial charge in [0, 0.05) is 32.7 Å². The van der Waals surface area contributed by atoms with E-state index in [0.29, 0.717) is 5.92 Å². The molecule has 112 valence electrons. The molecule has 0 bridgehead atoms. The van der Waals surface area contributed by atoms with Crippen molar-refractivity contribution in [2.24, 2.45) is 0 Å². The maximum atomic E-state index is 13.5. The van der Waals surface area contributed by atoms with Crippen LogP contribution in [-0.4, -0.2) is 44.3 Å². The highest BCUT2D eigenvalue weighted by Gasteiger charge is 2.09. The van der Waals surface area contributed by atoms with Gasteiger partial charge in [-0.3, -0.25) is 4.90 Å². The van der Waals surface area contributed by atoms with Gasteiger partial charge < -0.3 is 10.1 Å². The fraction of sp³-hybridized carbons (Fsp3) is 0.625. The van der Waals surface area contributed by atoms with Crippen molar-refractivity contribution in [3.63, 3.8) is 0 Å². The van der Waals surface area contributed by atoms with E-state index >= 15 is 0 Å². The molecule has 3 nitrogen and oxygen atoms in total. The van der Waals surface area contributed by atoms with Gasteiger partial charge in [0.05, 0.1) is 13.2 Å². The molecular formula is C16H25FN2O. The zero-order valence-electron chi connectivity index (χ0n) is 12.5. The Balaban J connectivity index is 1.75. The van der Waals surface area contributed by atoms with Crippen LogP contribution in [0.4, 0.5) is 4.39 Å². The molecule has 0 radical (unpaired) electrons. The highest BCUT2D eigenvalue weighted by molar-refractivity contribution is 5.26. The number of hydrogen-bond acceptors (Lipinski definition) is 3. The van der Waals surface area contributed by atoms with Crippen LogP contribution in [0.2, 0.25) is 0 Å². The van der Waals surface area contributed by atoms with Crippen LogP contribution >= 0.6 is 0 Å². The Kier molecular flexibility index (Phi) is 5.95. The predicted molar refractivity (Wildman–Crippen MR) is 79.5 cm³/mol. The van der Waals surface area contributed by atoms with Gasteiger partial charge in [-0.1, -0.05) is 19.9 Å². The Morgan fingerprint density at radius 3 is 2.70 bits per heavy atom. The molecule has 20 heavy (non-hydrogen) atoms. The van der Waals surface area contributed by atoms with E-state index in [1.165, 1.54) is 0 Å². The SMILES string of the molecule is CC(C)c1cc(F)cc(CNCCN2CCOCC2)c1. The molecule has 1 aromatic carbocycles. The molecule has 1 N–H and O–H groups in total. The van der Waals surface area contributed by atoms with Gasteiger partial charge in [-0.15, -0.1) is 0 Å². The standard InChI is InChI=1S/C16H25FN2O/c1-13(2)15-9-14(10-16(17)11-15)12-18-3-4-19-5-7-20-8-6-19/h9-11,13,18H,3-8,12H2,1-2H3. The Labute approximate surface area is 121 Å². The van der Waals surface area contributed by atoms with Crippen LogP contribution in [0.1, 0.15) is 30.9 Å². The van der Waals surface area contributed by atoms with Crippen molar-refractivity contribution >= 4 is 0 Å². The Morgan fingerprint density at radius 1 is 1.25 bits per heavy atom. The molecule has 2 rings (SSSR count). The molecule has 1 aliphatic heterocycles. The molecule has 1 aliphatic rings. The number of nitrogens with one attached hydrogen (secondary N) is 1. The fourth-order valence-corrected chi connectivity index (χ4v) is 2.41. The highest BCUT2D eigenvalue weighted by Crippen LogP contribution is 2.17. The molecule has 1 heterocycles. The van der Waals surface area contributed by atoms with E-state index in [9.17, 15) is 4.39 Å². The monoisotopic (exact) mass is 280 g/mol. The minimum absolute atomic E-state index is 0.138. The summed E-state index contributed by atoms with van der Waals surface area (Å²) < 4.78 is 18.9. The van der Waals surface area contributed by atoms with Crippen LogP contribution in [0.25, 0.3) is 0 Å². The number of halogens is 1. The molecule has 0 unspecified atom stereocenters. The molecular weight excluding hydrogens is 255 g/mol. The molecule has 0 aliphatic carbocycles. The lowest BCUT2D eigenvalue weighted by Crippen LogP contribution is -2.40. The Morgan fingerprint density at radius 2 is 2.00 bits per heavy atom. The molecule has 0 amide bonds. The second-order valence-corrected chi connectivity index (χ2v) is 5.68. The van der Waals surface area contributed by atoms with Gasteiger partial charge in [-0.2, -0.15) is 0 Å². The summed E-state index contributed by atoms with van der Waals surface area (Å²) in [6.07, 6.45) is 0. The van der Waals surface area contributed by atoms with Crippen molar-refractivity contribution in [2.45, 2.75) is 26.3 Å². The first kappa shape index (κ1) is 15.4. The number of rotatable bonds is 6. The van der Waals surface area contributed by atoms with E-state index in [2.05, 4.69) is 30.1 Å². The zero-order valence-corrected chi connectivity index (χ0v) is 12.5. The van der Waals surface area contributed by atoms with Gasteiger partial charge in [0.15, 0.2) is 0 Å². The molecule has 0 spiro atoms. The summed E-state index contributed by atoms with van der Waals surface area (Å²) in [7, 11) is 0. The van der Waals surface area contributed by atoms with Crippen LogP contribution in [0.5, 0.6) is 0 Å². The average Bonchev–Trinajstić information content (AvgIpc) is 2.44. The van der Waals surface area contributed by atoms with Crippen LogP contribution < -0.4 is 5.32 Å². The van der Waals surface area contributed by atoms with E-state index in [1.807, 2.05) is 0 Å². The number of hydrogen-bond donors (Lipinski definition) is 1. The minimum atomic E-state index is -0.138. The summed E-state index contributed by atoms with van der Waals surface area (Å²) in [6, 6.07) is 5.34. The fourth-order valence-electron chi connectivity index (χ4n) is 2.41. The van der Waals surface area contributed by atoms with E-state index in [4.69, 9.17) is 4.74 Å². The normalized spacial score (nSPS) is 16.8. The summed E-state index contributed by atoms with van der Waals surface area (Å²) in [5, 5.41) is 3.39. The van der Waals surface area contributed by atoms with Crippen molar-refractivity contribution in [1.29, 1.82) is 0 Å². The number of nitrogens with zero attached hydrogens (tertiary/aromatic N) is 1. The first-order valence-electron chi connectivity index (χ1n) is 7.45. The van der Waals surface area contributed by atoms with Gasteiger partial charge >= 0.3 is 0 Å². The van der Waals surface area contributed by atoms with Gasteiger partial charge in [0.25, 0.3) is 0 Å². The van der Waals surface area contributed by atoms with E-state index in [-0.39, 0.29) is 5.82 Å². The van der Waals surface area contributed by atoms with Gasteiger partial charge in [-0.25, -0.2) is 4.39 Å². The van der Waals surface area contributed by atoms with Crippen molar-refractivity contribution in [3.05, 3.63) is 35.1 Å². The first-order valence-corrected chi connectivity index (χ1v) is 7.45. The minimum Gasteiger partial charge on any atom is -0.379 e. The van der Waals surface area contributed by atoms with Crippen LogP contribution in [-0.2, 0) is 11.3 Å². The van der Waals surface area contributed by atoms with Crippen molar-refractivity contribution in [3.8, 4) is 0 Å². The lowest BCUT2D eigenvalue weighted by Gasteiger charge is -2.26. The molecule has 0 saturated carbocycles. The highest BCUT2D eigenvalue weighted by atomic mass is 19.1. The zero-order chi connectivity index (χ0) is 14.4. The third-order valence-corrected chi connectivity index (χ3v) is 3.68. The molecule has 0 atom stereocenters. The Hall–Kier alpha value is -0.970. The molecule has 0 aromatic heterocycles. The largest absolute Gasteiger partial charge is 0.379 e. The van der Waals surface area contributed by atoms with E-state index in [1.54, 1.807) is 12.1 Å². The second-order valence-electron chi connectivity index (χ2n) is 5.68. The second kappa shape index (κ2) is 7.72. The lowest BCUT2D eigenvalue weighted by atomic mass is 10.0. The lowest BCUT2D eigenvalue weighted by molar-refractivity contribution is 0.0384. The molecule has 1 aromatic rings. The third kappa shape index (κ3) is 4.85. The van der Waals surface area contributed by atoms with Gasteiger partial charge in [0.2, 0.25) is 0 Å². The third-order valence-electron chi connectivity index (χ3n) is 3.68. The predicted octanol–water partition coefficient (Wildman–Crippen LogP) is 2.37. The smallest absolute Gasteiger partial charge is 0.123 e.